The van der Waals surface area contributed by atoms with Crippen molar-refractivity contribution in [3.8, 4) is 0 Å². The molecule has 7 heteroatoms. The van der Waals surface area contributed by atoms with Crippen molar-refractivity contribution in [2.75, 3.05) is 6.61 Å². The molecule has 1 aliphatic rings. The molecule has 1 atom stereocenters. The summed E-state index contributed by atoms with van der Waals surface area (Å²) < 4.78 is 21.8. The van der Waals surface area contributed by atoms with Gasteiger partial charge in [-0.2, -0.15) is 0 Å². The summed E-state index contributed by atoms with van der Waals surface area (Å²) in [6.07, 6.45) is 1.77. The summed E-state index contributed by atoms with van der Waals surface area (Å²) in [6.45, 7) is 3.54. The van der Waals surface area contributed by atoms with Crippen LogP contribution in [0.2, 0.25) is 0 Å². The van der Waals surface area contributed by atoms with Crippen LogP contribution < -0.4 is 14.9 Å². The summed E-state index contributed by atoms with van der Waals surface area (Å²) in [4.78, 5) is 31.0. The van der Waals surface area contributed by atoms with Gasteiger partial charge in [-0.05, 0) is 31.6 Å². The highest BCUT2D eigenvalue weighted by atomic mass is 32.1. The van der Waals surface area contributed by atoms with E-state index in [1.54, 1.807) is 38.1 Å². The third-order valence-corrected chi connectivity index (χ3v) is 5.80. The largest absolute Gasteiger partial charge is 0.463 e. The molecule has 1 aromatic heterocycles. The SMILES string of the molecule is CCOC(=O)C1=C(C)N=c2sc(=Cc3ccccc3)c(=O)n2C1c1ccccc1F. The van der Waals surface area contributed by atoms with E-state index in [1.807, 2.05) is 30.3 Å². The van der Waals surface area contributed by atoms with Gasteiger partial charge in [0.15, 0.2) is 4.80 Å². The van der Waals surface area contributed by atoms with Gasteiger partial charge in [-0.1, -0.05) is 59.9 Å². The molecule has 1 unspecified atom stereocenters. The fourth-order valence-electron chi connectivity index (χ4n) is 3.48. The first kappa shape index (κ1) is 20.0. The van der Waals surface area contributed by atoms with Crippen LogP contribution in [0.4, 0.5) is 4.39 Å². The molecule has 0 bridgehead atoms. The Labute approximate surface area is 176 Å². The van der Waals surface area contributed by atoms with E-state index >= 15 is 0 Å². The van der Waals surface area contributed by atoms with E-state index in [1.165, 1.54) is 22.0 Å². The van der Waals surface area contributed by atoms with Crippen LogP contribution in [0.25, 0.3) is 6.08 Å². The lowest BCUT2D eigenvalue weighted by Gasteiger charge is -2.24. The number of ether oxygens (including phenoxy) is 1. The second kappa shape index (κ2) is 8.20. The summed E-state index contributed by atoms with van der Waals surface area (Å²) >= 11 is 1.21. The first-order valence-corrected chi connectivity index (χ1v) is 10.3. The molecule has 0 saturated carbocycles. The Balaban J connectivity index is 1.99. The van der Waals surface area contributed by atoms with Gasteiger partial charge in [0.2, 0.25) is 0 Å². The van der Waals surface area contributed by atoms with Gasteiger partial charge in [-0.15, -0.1) is 0 Å². The lowest BCUT2D eigenvalue weighted by molar-refractivity contribution is -0.139. The highest BCUT2D eigenvalue weighted by Crippen LogP contribution is 2.32. The summed E-state index contributed by atoms with van der Waals surface area (Å²) in [5.74, 6) is -1.11. The molecule has 3 aromatic rings. The number of hydrogen-bond donors (Lipinski definition) is 0. The van der Waals surface area contributed by atoms with Crippen molar-refractivity contribution in [2.45, 2.75) is 19.9 Å². The van der Waals surface area contributed by atoms with Gasteiger partial charge in [0.05, 0.1) is 22.4 Å². The second-order valence-electron chi connectivity index (χ2n) is 6.73. The number of benzene rings is 2. The van der Waals surface area contributed by atoms with Crippen LogP contribution in [-0.4, -0.2) is 17.1 Å². The van der Waals surface area contributed by atoms with E-state index in [0.717, 1.165) is 5.56 Å². The van der Waals surface area contributed by atoms with Gasteiger partial charge in [0.1, 0.15) is 11.9 Å². The van der Waals surface area contributed by atoms with E-state index in [2.05, 4.69) is 4.99 Å². The molecular formula is C23H19FN2O3S. The molecule has 2 heterocycles. The number of rotatable bonds is 4. The molecule has 5 nitrogen and oxygen atoms in total. The first-order valence-electron chi connectivity index (χ1n) is 9.50. The van der Waals surface area contributed by atoms with E-state index < -0.39 is 17.8 Å². The quantitative estimate of drug-likeness (QED) is 0.608. The number of fused-ring (bicyclic) bond motifs is 1. The Bertz CT molecular complexity index is 1320. The molecule has 0 aliphatic carbocycles. The molecule has 0 amide bonds. The minimum atomic E-state index is -0.945. The molecule has 0 saturated heterocycles. The standard InChI is InChI=1S/C23H19FN2O3S/c1-3-29-22(28)19-14(2)25-23-26(20(19)16-11-7-8-12-17(16)24)21(27)18(30-23)13-15-9-5-4-6-10-15/h4-13,20H,3H2,1-2H3. The Kier molecular flexibility index (Phi) is 5.46. The van der Waals surface area contributed by atoms with Gasteiger partial charge in [-0.3, -0.25) is 9.36 Å². The fraction of sp³-hybridized carbons (Fsp3) is 0.174. The molecule has 30 heavy (non-hydrogen) atoms. The lowest BCUT2D eigenvalue weighted by atomic mass is 9.95. The van der Waals surface area contributed by atoms with Crippen molar-refractivity contribution in [1.82, 2.24) is 4.57 Å². The normalized spacial score (nSPS) is 16.2. The van der Waals surface area contributed by atoms with Crippen molar-refractivity contribution < 1.29 is 13.9 Å². The Morgan fingerprint density at radius 2 is 1.90 bits per heavy atom. The Hall–Kier alpha value is -3.32. The van der Waals surface area contributed by atoms with Gasteiger partial charge < -0.3 is 4.74 Å². The van der Waals surface area contributed by atoms with Crippen LogP contribution in [0.5, 0.6) is 0 Å². The smallest absolute Gasteiger partial charge is 0.338 e. The Morgan fingerprint density at radius 1 is 1.20 bits per heavy atom. The number of halogens is 1. The zero-order valence-electron chi connectivity index (χ0n) is 16.5. The fourth-order valence-corrected chi connectivity index (χ4v) is 4.53. The van der Waals surface area contributed by atoms with Gasteiger partial charge >= 0.3 is 5.97 Å². The number of carbonyl (C=O) groups excluding carboxylic acids is 1. The van der Waals surface area contributed by atoms with Gasteiger partial charge in [0, 0.05) is 5.56 Å². The summed E-state index contributed by atoms with van der Waals surface area (Å²) in [6, 6.07) is 14.6. The van der Waals surface area contributed by atoms with Crippen molar-refractivity contribution in [2.24, 2.45) is 4.99 Å². The average molecular weight is 422 g/mol. The van der Waals surface area contributed by atoms with E-state index in [-0.39, 0.29) is 23.3 Å². The van der Waals surface area contributed by atoms with Crippen molar-refractivity contribution in [3.63, 3.8) is 0 Å². The maximum atomic E-state index is 14.8. The molecule has 152 valence electrons. The highest BCUT2D eigenvalue weighted by molar-refractivity contribution is 7.07. The van der Waals surface area contributed by atoms with E-state index in [4.69, 9.17) is 4.74 Å². The number of aromatic nitrogens is 1. The van der Waals surface area contributed by atoms with Crippen LogP contribution in [0.1, 0.15) is 31.0 Å². The minimum absolute atomic E-state index is 0.165. The van der Waals surface area contributed by atoms with Crippen LogP contribution in [0.3, 0.4) is 0 Å². The molecule has 4 rings (SSSR count). The zero-order chi connectivity index (χ0) is 21.3. The molecule has 2 aromatic carbocycles. The number of thiazole rings is 1. The minimum Gasteiger partial charge on any atom is -0.463 e. The molecular weight excluding hydrogens is 403 g/mol. The predicted molar refractivity (Wildman–Crippen MR) is 113 cm³/mol. The van der Waals surface area contributed by atoms with Gasteiger partial charge in [-0.25, -0.2) is 14.2 Å². The number of nitrogens with zero attached hydrogens (tertiary/aromatic N) is 2. The van der Waals surface area contributed by atoms with Crippen molar-refractivity contribution in [3.05, 3.63) is 102 Å². The highest BCUT2D eigenvalue weighted by Gasteiger charge is 2.34. The lowest BCUT2D eigenvalue weighted by Crippen LogP contribution is -2.40. The first-order chi connectivity index (χ1) is 14.5. The second-order valence-corrected chi connectivity index (χ2v) is 7.74. The average Bonchev–Trinajstić information content (AvgIpc) is 3.03. The molecule has 0 radical (unpaired) electrons. The van der Waals surface area contributed by atoms with Crippen molar-refractivity contribution >= 4 is 23.4 Å². The zero-order valence-corrected chi connectivity index (χ0v) is 17.3. The monoisotopic (exact) mass is 422 g/mol. The van der Waals surface area contributed by atoms with E-state index in [0.29, 0.717) is 15.0 Å². The molecule has 0 fully saturated rings. The predicted octanol–water partition coefficient (Wildman–Crippen LogP) is 2.94. The molecule has 0 spiro atoms. The third kappa shape index (κ3) is 3.52. The van der Waals surface area contributed by atoms with Crippen LogP contribution in [0.15, 0.2) is 75.7 Å². The van der Waals surface area contributed by atoms with E-state index in [9.17, 15) is 14.0 Å². The topological polar surface area (TPSA) is 60.7 Å². The van der Waals surface area contributed by atoms with Crippen LogP contribution >= 0.6 is 11.3 Å². The molecule has 0 N–H and O–H groups in total. The maximum absolute atomic E-state index is 14.8. The third-order valence-electron chi connectivity index (χ3n) is 4.81. The van der Waals surface area contributed by atoms with Gasteiger partial charge in [0.25, 0.3) is 5.56 Å². The molecule has 1 aliphatic heterocycles. The Morgan fingerprint density at radius 3 is 2.60 bits per heavy atom. The van der Waals surface area contributed by atoms with Crippen LogP contribution in [-0.2, 0) is 9.53 Å². The number of esters is 1. The number of allylic oxidation sites excluding steroid dienone is 1. The summed E-state index contributed by atoms with van der Waals surface area (Å²) in [7, 11) is 0. The maximum Gasteiger partial charge on any atom is 0.338 e. The van der Waals surface area contributed by atoms with Crippen LogP contribution in [0, 0.1) is 5.82 Å². The summed E-state index contributed by atoms with van der Waals surface area (Å²) in [5.41, 5.74) is 1.34. The number of carbonyl (C=O) groups is 1. The van der Waals surface area contributed by atoms with Crippen molar-refractivity contribution in [1.29, 1.82) is 0 Å². The summed E-state index contributed by atoms with van der Waals surface area (Å²) in [5, 5.41) is 0. The number of hydrogen-bond acceptors (Lipinski definition) is 5.